The molecule has 0 aliphatic heterocycles. The van der Waals surface area contributed by atoms with E-state index in [-0.39, 0.29) is 0 Å². The molecule has 0 heterocycles. The molecule has 1 rings (SSSR count). The highest BCUT2D eigenvalue weighted by atomic mass is 31.1. The number of rotatable bonds is 3. The van der Waals surface area contributed by atoms with Crippen LogP contribution in [0, 0.1) is 0 Å². The third-order valence-electron chi connectivity index (χ3n) is 3.32. The van der Waals surface area contributed by atoms with Gasteiger partial charge < -0.3 is 45.3 Å². The van der Waals surface area contributed by atoms with Crippen LogP contribution in [0.3, 0.4) is 0 Å². The summed E-state index contributed by atoms with van der Waals surface area (Å²) >= 11 is 0. The highest BCUT2D eigenvalue weighted by Crippen LogP contribution is 2.61. The summed E-state index contributed by atoms with van der Waals surface area (Å²) in [5, 5.41) is 45.7. The summed E-state index contributed by atoms with van der Waals surface area (Å²) in [5.41, 5.74) is 0. The zero-order valence-corrected chi connectivity index (χ0v) is 12.4. The predicted octanol–water partition coefficient (Wildman–Crippen LogP) is -5.54. The first-order chi connectivity index (χ1) is 9.30. The minimum absolute atomic E-state index is 3.03. The van der Waals surface area contributed by atoms with Gasteiger partial charge in [0.25, 0.3) is 0 Å². The van der Waals surface area contributed by atoms with Gasteiger partial charge in [0.1, 0.15) is 0 Å². The van der Waals surface area contributed by atoms with Crippen molar-refractivity contribution in [3.8, 4) is 0 Å². The second-order valence-electron chi connectivity index (χ2n) is 4.30. The summed E-state index contributed by atoms with van der Waals surface area (Å²) in [5.74, 6) is 0. The van der Waals surface area contributed by atoms with E-state index in [2.05, 4.69) is 0 Å². The maximum Gasteiger partial charge on any atom is 0.370 e. The topological polar surface area (TPSA) is 242 Å². The van der Waals surface area contributed by atoms with E-state index < -0.39 is 58.4 Å². The van der Waals surface area contributed by atoms with E-state index >= 15 is 0 Å². The minimum Gasteiger partial charge on any atom is -0.593 e. The van der Waals surface area contributed by atoms with Gasteiger partial charge in [-0.15, -0.1) is 0 Å². The Kier molecular flexibility index (Phi) is 5.01. The van der Waals surface area contributed by atoms with E-state index in [9.17, 15) is 59.0 Å². The molecule has 9 atom stereocenters. The van der Waals surface area contributed by atoms with Crippen LogP contribution in [0.2, 0.25) is 0 Å². The van der Waals surface area contributed by atoms with Crippen LogP contribution in [-0.4, -0.2) is 65.0 Å². The maximum absolute atomic E-state index is 11.1. The zero-order chi connectivity index (χ0) is 17.0. The third-order valence-corrected chi connectivity index (χ3v) is 6.90. The van der Waals surface area contributed by atoms with Crippen molar-refractivity contribution in [2.24, 2.45) is 0 Å². The SMILES string of the molecule is O=[P+]([O-])[C@]1(O)[C@@H](O)[C@@H](O)[C@@](O)([P+](=O)[O-])[C@@](O)([P+](=O)[O-])[C@H]1O. The quantitative estimate of drug-likeness (QED) is 0.256. The highest BCUT2D eigenvalue weighted by Gasteiger charge is 2.88. The predicted molar refractivity (Wildman–Crippen MR) is 55.7 cm³/mol. The average molecular weight is 366 g/mol. The summed E-state index contributed by atoms with van der Waals surface area (Å²) < 4.78 is 33.0. The molecule has 1 aliphatic carbocycles. The summed E-state index contributed by atoms with van der Waals surface area (Å²) in [6, 6.07) is 0. The molecular formula is C6H9O12P3. The second kappa shape index (κ2) is 5.54. The lowest BCUT2D eigenvalue weighted by molar-refractivity contribution is -0.306. The zero-order valence-electron chi connectivity index (χ0n) is 9.71. The van der Waals surface area contributed by atoms with Gasteiger partial charge in [-0.2, -0.15) is 0 Å². The summed E-state index contributed by atoms with van der Waals surface area (Å²) in [6.45, 7) is 0. The summed E-state index contributed by atoms with van der Waals surface area (Å²) in [7, 11) is -13.2. The summed E-state index contributed by atoms with van der Waals surface area (Å²) in [4.78, 5) is 33.0. The molecule has 120 valence electrons. The van der Waals surface area contributed by atoms with Gasteiger partial charge in [0.05, 0.1) is 0 Å². The molecule has 1 aliphatic rings. The van der Waals surface area contributed by atoms with Crippen LogP contribution in [0.1, 0.15) is 0 Å². The first-order valence-corrected chi connectivity index (χ1v) is 8.48. The van der Waals surface area contributed by atoms with Crippen molar-refractivity contribution < 1.29 is 59.0 Å². The van der Waals surface area contributed by atoms with Crippen LogP contribution < -0.4 is 14.7 Å². The Morgan fingerprint density at radius 1 is 0.714 bits per heavy atom. The van der Waals surface area contributed by atoms with Crippen LogP contribution in [0.15, 0.2) is 0 Å². The van der Waals surface area contributed by atoms with Gasteiger partial charge in [0.15, 0.2) is 12.2 Å². The lowest BCUT2D eigenvalue weighted by Gasteiger charge is -2.46. The van der Waals surface area contributed by atoms with Crippen LogP contribution in [0.4, 0.5) is 0 Å². The highest BCUT2D eigenvalue weighted by molar-refractivity contribution is 7.44. The van der Waals surface area contributed by atoms with Gasteiger partial charge in [-0.25, -0.2) is 0 Å². The molecule has 15 heteroatoms. The molecule has 3 unspecified atom stereocenters. The normalized spacial score (nSPS) is 49.6. The van der Waals surface area contributed by atoms with Crippen LogP contribution in [0.25, 0.3) is 0 Å². The molecule has 0 saturated heterocycles. The molecule has 1 fully saturated rings. The molecule has 6 N–H and O–H groups in total. The van der Waals surface area contributed by atoms with E-state index in [4.69, 9.17) is 0 Å². The molecule has 0 bridgehead atoms. The second-order valence-corrected chi connectivity index (χ2v) is 7.92. The monoisotopic (exact) mass is 366 g/mol. The number of hydrogen-bond donors (Lipinski definition) is 6. The fourth-order valence-electron chi connectivity index (χ4n) is 2.01. The third kappa shape index (κ3) is 2.13. The van der Waals surface area contributed by atoms with Crippen molar-refractivity contribution in [3.63, 3.8) is 0 Å². The first kappa shape index (κ1) is 19.0. The van der Waals surface area contributed by atoms with E-state index in [1.807, 2.05) is 0 Å². The smallest absolute Gasteiger partial charge is 0.370 e. The Bertz CT molecular complexity index is 511. The summed E-state index contributed by atoms with van der Waals surface area (Å²) in [6.07, 6.45) is -9.57. The Labute approximate surface area is 118 Å². The molecular weight excluding hydrogens is 357 g/mol. The van der Waals surface area contributed by atoms with Gasteiger partial charge in [-0.05, 0) is 0 Å². The van der Waals surface area contributed by atoms with E-state index in [1.165, 1.54) is 0 Å². The van der Waals surface area contributed by atoms with Gasteiger partial charge in [0.2, 0.25) is 6.10 Å². The number of hydrogen-bond acceptors (Lipinski definition) is 12. The maximum atomic E-state index is 11.1. The molecule has 0 amide bonds. The Morgan fingerprint density at radius 2 is 1.10 bits per heavy atom. The molecule has 0 aromatic rings. The minimum atomic E-state index is -4.52. The van der Waals surface area contributed by atoms with E-state index in [0.29, 0.717) is 0 Å². The molecule has 12 nitrogen and oxygen atoms in total. The van der Waals surface area contributed by atoms with Crippen molar-refractivity contribution in [1.82, 2.24) is 0 Å². The van der Waals surface area contributed by atoms with Gasteiger partial charge in [-0.1, -0.05) is 13.7 Å². The molecule has 0 aromatic carbocycles. The molecule has 0 aromatic heterocycles. The fourth-order valence-corrected chi connectivity index (χ4v) is 4.89. The van der Waals surface area contributed by atoms with E-state index in [0.717, 1.165) is 0 Å². The van der Waals surface area contributed by atoms with Crippen LogP contribution in [-0.2, 0) is 13.7 Å². The van der Waals surface area contributed by atoms with Crippen LogP contribution >= 0.6 is 24.1 Å². The Morgan fingerprint density at radius 3 is 1.38 bits per heavy atom. The lowest BCUT2D eigenvalue weighted by Crippen LogP contribution is -2.79. The van der Waals surface area contributed by atoms with Gasteiger partial charge in [-0.3, -0.25) is 0 Å². The Hall–Kier alpha value is -0.0600. The lowest BCUT2D eigenvalue weighted by atomic mass is 9.83. The standard InChI is InChI=1S/C6H9O12P3/c7-1-2(8)5(11,20(15)16)6(12,21(17)18)3(9)4(1,10)19(13)14/h1-3,7-12H/t1-,2+,3-,4+,5+,6-/m0/s1. The van der Waals surface area contributed by atoms with Crippen LogP contribution in [0.5, 0.6) is 0 Å². The van der Waals surface area contributed by atoms with Crippen molar-refractivity contribution >= 4 is 24.1 Å². The van der Waals surface area contributed by atoms with Crippen molar-refractivity contribution in [1.29, 1.82) is 0 Å². The Balaban J connectivity index is 3.74. The van der Waals surface area contributed by atoms with Crippen molar-refractivity contribution in [3.05, 3.63) is 0 Å². The van der Waals surface area contributed by atoms with Crippen molar-refractivity contribution in [2.75, 3.05) is 0 Å². The first-order valence-electron chi connectivity index (χ1n) is 4.95. The van der Waals surface area contributed by atoms with Crippen molar-refractivity contribution in [2.45, 2.75) is 34.3 Å². The molecule has 0 radical (unpaired) electrons. The fraction of sp³-hybridized carbons (Fsp3) is 1.00. The average Bonchev–Trinajstić information content (AvgIpc) is 2.39. The largest absolute Gasteiger partial charge is 0.593 e. The van der Waals surface area contributed by atoms with E-state index in [1.54, 1.807) is 0 Å². The van der Waals surface area contributed by atoms with Gasteiger partial charge in [0, 0.05) is 0 Å². The molecule has 21 heavy (non-hydrogen) atoms. The number of aliphatic hydroxyl groups is 6. The number of aliphatic hydroxyl groups excluding tert-OH is 3. The molecule has 0 spiro atoms. The van der Waals surface area contributed by atoms with Gasteiger partial charge >= 0.3 is 40.1 Å². The molecule has 1 saturated carbocycles.